The van der Waals surface area contributed by atoms with Gasteiger partial charge in [-0.05, 0) is 37.1 Å². The highest BCUT2D eigenvalue weighted by Crippen LogP contribution is 2.43. The Morgan fingerprint density at radius 2 is 2.00 bits per heavy atom. The van der Waals surface area contributed by atoms with Crippen LogP contribution in [0.5, 0.6) is 0 Å². The summed E-state index contributed by atoms with van der Waals surface area (Å²) in [6, 6.07) is 5.43. The molecule has 0 aliphatic heterocycles. The highest BCUT2D eigenvalue weighted by molar-refractivity contribution is 6.30. The molecule has 1 saturated carbocycles. The Kier molecular flexibility index (Phi) is 4.63. The highest BCUT2D eigenvalue weighted by Gasteiger charge is 2.46. The summed E-state index contributed by atoms with van der Waals surface area (Å²) in [7, 11) is 0. The van der Waals surface area contributed by atoms with E-state index in [1.54, 1.807) is 10.8 Å². The zero-order chi connectivity index (χ0) is 19.3. The first-order valence-electron chi connectivity index (χ1n) is 8.65. The van der Waals surface area contributed by atoms with E-state index >= 15 is 0 Å². The van der Waals surface area contributed by atoms with Crippen molar-refractivity contribution < 1.29 is 19.7 Å². The number of benzene rings is 1. The number of hydrogen-bond donors (Lipinski definition) is 3. The molecule has 142 valence electrons. The van der Waals surface area contributed by atoms with Gasteiger partial charge in [-0.2, -0.15) is 0 Å². The van der Waals surface area contributed by atoms with Gasteiger partial charge in [0.2, 0.25) is 0 Å². The molecule has 5 atom stereocenters. The summed E-state index contributed by atoms with van der Waals surface area (Å²) >= 11 is 5.69. The second-order valence-electron chi connectivity index (χ2n) is 6.99. The molecule has 2 heterocycles. The summed E-state index contributed by atoms with van der Waals surface area (Å²) in [6.07, 6.45) is 0.167. The van der Waals surface area contributed by atoms with E-state index in [-0.39, 0.29) is 5.02 Å². The van der Waals surface area contributed by atoms with Crippen LogP contribution in [0.2, 0.25) is 5.02 Å². The predicted octanol–water partition coefficient (Wildman–Crippen LogP) is 2.55. The van der Waals surface area contributed by atoms with Gasteiger partial charge in [0, 0.05) is 17.5 Å². The number of rotatable bonds is 3. The molecule has 1 aliphatic rings. The van der Waals surface area contributed by atoms with Crippen LogP contribution >= 0.6 is 11.6 Å². The van der Waals surface area contributed by atoms with Crippen LogP contribution in [0.4, 0.5) is 4.39 Å². The summed E-state index contributed by atoms with van der Waals surface area (Å²) in [4.78, 5) is 8.44. The summed E-state index contributed by atoms with van der Waals surface area (Å²) < 4.78 is 15.5. The van der Waals surface area contributed by atoms with Gasteiger partial charge in [-0.3, -0.25) is 0 Å². The lowest BCUT2D eigenvalue weighted by molar-refractivity contribution is -0.0265. The van der Waals surface area contributed by atoms with Crippen molar-refractivity contribution in [1.29, 1.82) is 0 Å². The molecule has 3 N–H and O–H groups in total. The van der Waals surface area contributed by atoms with Crippen LogP contribution in [0.25, 0.3) is 11.0 Å². The fourth-order valence-electron chi connectivity index (χ4n) is 3.94. The Balaban J connectivity index is 1.66. The molecular formula is C19H19ClFN3O3. The van der Waals surface area contributed by atoms with Crippen molar-refractivity contribution in [3.63, 3.8) is 0 Å². The van der Waals surface area contributed by atoms with E-state index in [2.05, 4.69) is 9.97 Å². The molecule has 0 radical (unpaired) electrons. The van der Waals surface area contributed by atoms with Crippen molar-refractivity contribution in [2.24, 2.45) is 5.92 Å². The fourth-order valence-corrected chi connectivity index (χ4v) is 4.06. The topological polar surface area (TPSA) is 91.4 Å². The van der Waals surface area contributed by atoms with Crippen molar-refractivity contribution >= 4 is 22.6 Å². The molecule has 1 aliphatic carbocycles. The van der Waals surface area contributed by atoms with Gasteiger partial charge in [0.1, 0.15) is 23.9 Å². The number of fused-ring (bicyclic) bond motifs is 1. The monoisotopic (exact) mass is 391 g/mol. The SMILES string of the molecule is Cc1ncnc2c1ccn2[C@@H]1C[C@H]([C@H](O)c2ccc(Cl)c(F)c2)[C@@H](O)[C@H]1O. The Morgan fingerprint density at radius 1 is 1.22 bits per heavy atom. The van der Waals surface area contributed by atoms with E-state index in [9.17, 15) is 19.7 Å². The van der Waals surface area contributed by atoms with Crippen LogP contribution in [-0.2, 0) is 0 Å². The van der Waals surface area contributed by atoms with Gasteiger partial charge in [0.15, 0.2) is 0 Å². The van der Waals surface area contributed by atoms with Gasteiger partial charge >= 0.3 is 0 Å². The maximum atomic E-state index is 13.7. The molecular weight excluding hydrogens is 373 g/mol. The van der Waals surface area contributed by atoms with Crippen LogP contribution in [-0.4, -0.2) is 42.1 Å². The van der Waals surface area contributed by atoms with E-state index in [1.165, 1.54) is 18.5 Å². The average Bonchev–Trinajstić information content (AvgIpc) is 3.20. The third-order valence-electron chi connectivity index (χ3n) is 5.45. The zero-order valence-electron chi connectivity index (χ0n) is 14.5. The van der Waals surface area contributed by atoms with Crippen LogP contribution in [0.15, 0.2) is 36.8 Å². The lowest BCUT2D eigenvalue weighted by Gasteiger charge is -2.22. The molecule has 27 heavy (non-hydrogen) atoms. The number of aryl methyl sites for hydroxylation is 1. The fraction of sp³-hybridized carbons (Fsp3) is 0.368. The molecule has 4 rings (SSSR count). The van der Waals surface area contributed by atoms with Crippen molar-refractivity contribution in [2.75, 3.05) is 0 Å². The first-order chi connectivity index (χ1) is 12.9. The number of aliphatic hydroxyl groups is 3. The normalized spacial score (nSPS) is 26.6. The standard InChI is InChI=1S/C19H19ClFN3O3/c1-9-11-4-5-24(19(11)23-8-22-9)15-7-12(17(26)18(15)27)16(25)10-2-3-13(20)14(21)6-10/h2-6,8,12,15-18,25-27H,7H2,1H3/t12-,15-,16-,17-,18+/m1/s1. The minimum atomic E-state index is -1.16. The van der Waals surface area contributed by atoms with Crippen molar-refractivity contribution in [2.45, 2.75) is 37.7 Å². The molecule has 0 amide bonds. The van der Waals surface area contributed by atoms with E-state index in [0.29, 0.717) is 17.6 Å². The smallest absolute Gasteiger partial charge is 0.143 e. The van der Waals surface area contributed by atoms with Gasteiger partial charge in [0.25, 0.3) is 0 Å². The quantitative estimate of drug-likeness (QED) is 0.638. The molecule has 0 saturated heterocycles. The number of aromatic nitrogens is 3. The molecule has 1 aromatic carbocycles. The Hall–Kier alpha value is -2.06. The summed E-state index contributed by atoms with van der Waals surface area (Å²) in [6.45, 7) is 1.87. The lowest BCUT2D eigenvalue weighted by Crippen LogP contribution is -2.31. The second-order valence-corrected chi connectivity index (χ2v) is 7.39. The molecule has 0 unspecified atom stereocenters. The molecule has 8 heteroatoms. The lowest BCUT2D eigenvalue weighted by atomic mass is 9.92. The van der Waals surface area contributed by atoms with Gasteiger partial charge in [-0.25, -0.2) is 14.4 Å². The number of hydrogen-bond acceptors (Lipinski definition) is 5. The van der Waals surface area contributed by atoms with Crippen molar-refractivity contribution in [3.05, 3.63) is 58.9 Å². The van der Waals surface area contributed by atoms with E-state index in [0.717, 1.165) is 17.1 Å². The van der Waals surface area contributed by atoms with Gasteiger partial charge in [0.05, 0.1) is 29.0 Å². The van der Waals surface area contributed by atoms with Crippen LogP contribution < -0.4 is 0 Å². The third kappa shape index (κ3) is 3.00. The van der Waals surface area contributed by atoms with E-state index in [1.807, 2.05) is 13.0 Å². The van der Waals surface area contributed by atoms with E-state index in [4.69, 9.17) is 11.6 Å². The molecule has 6 nitrogen and oxygen atoms in total. The molecule has 0 spiro atoms. The zero-order valence-corrected chi connectivity index (χ0v) is 15.3. The van der Waals surface area contributed by atoms with Crippen LogP contribution in [0.3, 0.4) is 0 Å². The Labute approximate surface area is 159 Å². The summed E-state index contributed by atoms with van der Waals surface area (Å²) in [5.41, 5.74) is 1.79. The second kappa shape index (κ2) is 6.83. The largest absolute Gasteiger partial charge is 0.390 e. The molecule has 3 aromatic rings. The highest BCUT2D eigenvalue weighted by atomic mass is 35.5. The maximum absolute atomic E-state index is 13.7. The first kappa shape index (κ1) is 18.3. The number of halogens is 2. The third-order valence-corrected chi connectivity index (χ3v) is 5.76. The predicted molar refractivity (Wildman–Crippen MR) is 97.8 cm³/mol. The minimum Gasteiger partial charge on any atom is -0.390 e. The van der Waals surface area contributed by atoms with Crippen LogP contribution in [0, 0.1) is 18.7 Å². The maximum Gasteiger partial charge on any atom is 0.143 e. The number of nitrogens with zero attached hydrogens (tertiary/aromatic N) is 3. The molecule has 1 fully saturated rings. The first-order valence-corrected chi connectivity index (χ1v) is 9.03. The Bertz CT molecular complexity index is 995. The molecule has 0 bridgehead atoms. The molecule has 2 aromatic heterocycles. The van der Waals surface area contributed by atoms with Crippen molar-refractivity contribution in [3.8, 4) is 0 Å². The summed E-state index contributed by atoms with van der Waals surface area (Å²) in [5.74, 6) is -1.30. The Morgan fingerprint density at radius 3 is 2.74 bits per heavy atom. The van der Waals surface area contributed by atoms with Gasteiger partial charge < -0.3 is 19.9 Å². The van der Waals surface area contributed by atoms with Crippen molar-refractivity contribution in [1.82, 2.24) is 14.5 Å². The summed E-state index contributed by atoms with van der Waals surface area (Å²) in [5, 5.41) is 32.6. The number of aliphatic hydroxyl groups excluding tert-OH is 3. The van der Waals surface area contributed by atoms with Gasteiger partial charge in [-0.1, -0.05) is 17.7 Å². The van der Waals surface area contributed by atoms with Gasteiger partial charge in [-0.15, -0.1) is 0 Å². The minimum absolute atomic E-state index is 0.0373. The van der Waals surface area contributed by atoms with Crippen LogP contribution in [0.1, 0.15) is 29.8 Å². The van der Waals surface area contributed by atoms with E-state index < -0.39 is 36.1 Å². The average molecular weight is 392 g/mol.